The number of nitrogens with zero attached hydrogens (tertiary/aromatic N) is 1. The summed E-state index contributed by atoms with van der Waals surface area (Å²) in [6, 6.07) is 4.26. The first kappa shape index (κ1) is 7.74. The van der Waals surface area contributed by atoms with Gasteiger partial charge in [-0.25, -0.2) is 4.57 Å². The van der Waals surface area contributed by atoms with E-state index < -0.39 is 0 Å². The molecular weight excluding hydrogens is 150 g/mol. The van der Waals surface area contributed by atoms with E-state index in [4.69, 9.17) is 4.74 Å². The molecule has 64 valence electrons. The summed E-state index contributed by atoms with van der Waals surface area (Å²) < 4.78 is 7.37. The molecule has 1 aromatic rings. The van der Waals surface area contributed by atoms with Crippen molar-refractivity contribution in [2.75, 3.05) is 6.61 Å². The highest BCUT2D eigenvalue weighted by atomic mass is 16.6. The maximum atomic E-state index is 5.18. The minimum Gasteiger partial charge on any atom is -0.373 e. The van der Waals surface area contributed by atoms with Crippen molar-refractivity contribution in [1.29, 1.82) is 0 Å². The van der Waals surface area contributed by atoms with Gasteiger partial charge in [0, 0.05) is 18.1 Å². The Bertz CT molecular complexity index is 268. The van der Waals surface area contributed by atoms with Crippen LogP contribution in [0, 0.1) is 0 Å². The fraction of sp³-hybridized carbons (Fsp3) is 0.500. The molecule has 1 atom stereocenters. The smallest absolute Gasteiger partial charge is 0.172 e. The van der Waals surface area contributed by atoms with Crippen LogP contribution in [0.25, 0.3) is 0 Å². The lowest BCUT2D eigenvalue weighted by atomic mass is 10.2. The van der Waals surface area contributed by atoms with Gasteiger partial charge in [0.2, 0.25) is 0 Å². The van der Waals surface area contributed by atoms with Gasteiger partial charge < -0.3 is 4.74 Å². The van der Waals surface area contributed by atoms with Crippen molar-refractivity contribution in [1.82, 2.24) is 0 Å². The zero-order valence-electron chi connectivity index (χ0n) is 7.36. The van der Waals surface area contributed by atoms with Crippen LogP contribution in [0.15, 0.2) is 24.5 Å². The number of aryl methyl sites for hydroxylation is 1. The van der Waals surface area contributed by atoms with Crippen LogP contribution in [-0.2, 0) is 17.7 Å². The SMILES string of the molecule is CC[n+]1cccc(CC2CO2)c1. The van der Waals surface area contributed by atoms with E-state index in [1.807, 2.05) is 0 Å². The Morgan fingerprint density at radius 2 is 2.50 bits per heavy atom. The van der Waals surface area contributed by atoms with Crippen LogP contribution >= 0.6 is 0 Å². The largest absolute Gasteiger partial charge is 0.373 e. The van der Waals surface area contributed by atoms with Crippen LogP contribution in [0.2, 0.25) is 0 Å². The summed E-state index contributed by atoms with van der Waals surface area (Å²) in [5.74, 6) is 0. The molecule has 2 nitrogen and oxygen atoms in total. The van der Waals surface area contributed by atoms with Crippen LogP contribution < -0.4 is 4.57 Å². The third-order valence-corrected chi connectivity index (χ3v) is 2.15. The number of hydrogen-bond acceptors (Lipinski definition) is 1. The van der Waals surface area contributed by atoms with Crippen LogP contribution in [0.5, 0.6) is 0 Å². The summed E-state index contributed by atoms with van der Waals surface area (Å²) in [5.41, 5.74) is 1.38. The Balaban J connectivity index is 2.08. The highest BCUT2D eigenvalue weighted by Crippen LogP contribution is 2.14. The zero-order chi connectivity index (χ0) is 8.39. The van der Waals surface area contributed by atoms with Crippen molar-refractivity contribution in [3.8, 4) is 0 Å². The molecule has 1 fully saturated rings. The highest BCUT2D eigenvalue weighted by molar-refractivity contribution is 5.08. The molecule has 0 N–H and O–H groups in total. The molecule has 2 heterocycles. The van der Waals surface area contributed by atoms with Crippen molar-refractivity contribution in [2.45, 2.75) is 26.0 Å². The predicted octanol–water partition coefficient (Wildman–Crippen LogP) is 0.935. The number of ether oxygens (including phenoxy) is 1. The molecule has 0 radical (unpaired) electrons. The van der Waals surface area contributed by atoms with E-state index >= 15 is 0 Å². The Kier molecular flexibility index (Phi) is 2.09. The predicted molar refractivity (Wildman–Crippen MR) is 45.8 cm³/mol. The van der Waals surface area contributed by atoms with E-state index in [2.05, 4.69) is 36.0 Å². The second-order valence-electron chi connectivity index (χ2n) is 3.20. The number of epoxide rings is 1. The third kappa shape index (κ3) is 1.83. The number of hydrogen-bond donors (Lipinski definition) is 0. The monoisotopic (exact) mass is 164 g/mol. The molecule has 1 aromatic heterocycles. The van der Waals surface area contributed by atoms with E-state index in [0.717, 1.165) is 19.6 Å². The van der Waals surface area contributed by atoms with E-state index in [0.29, 0.717) is 6.10 Å². The van der Waals surface area contributed by atoms with Crippen molar-refractivity contribution in [3.63, 3.8) is 0 Å². The summed E-state index contributed by atoms with van der Waals surface area (Å²) in [5, 5.41) is 0. The van der Waals surface area contributed by atoms with Crippen LogP contribution in [-0.4, -0.2) is 12.7 Å². The normalized spacial score (nSPS) is 20.9. The molecule has 1 saturated heterocycles. The highest BCUT2D eigenvalue weighted by Gasteiger charge is 2.23. The van der Waals surface area contributed by atoms with Crippen LogP contribution in [0.1, 0.15) is 12.5 Å². The molecule has 0 spiro atoms. The molecule has 0 amide bonds. The van der Waals surface area contributed by atoms with Gasteiger partial charge in [-0.05, 0) is 13.0 Å². The molecule has 2 heteroatoms. The summed E-state index contributed by atoms with van der Waals surface area (Å²) in [6.45, 7) is 4.14. The molecule has 2 rings (SSSR count). The minimum absolute atomic E-state index is 0.498. The Morgan fingerprint density at radius 3 is 3.17 bits per heavy atom. The van der Waals surface area contributed by atoms with Gasteiger partial charge in [0.05, 0.1) is 12.7 Å². The first-order valence-electron chi connectivity index (χ1n) is 4.48. The zero-order valence-corrected chi connectivity index (χ0v) is 7.36. The quantitative estimate of drug-likeness (QED) is 0.479. The summed E-state index contributed by atoms with van der Waals surface area (Å²) >= 11 is 0. The lowest BCUT2D eigenvalue weighted by molar-refractivity contribution is -0.694. The lowest BCUT2D eigenvalue weighted by Gasteiger charge is -1.95. The van der Waals surface area contributed by atoms with E-state index in [9.17, 15) is 0 Å². The van der Waals surface area contributed by atoms with E-state index in [1.54, 1.807) is 0 Å². The van der Waals surface area contributed by atoms with Gasteiger partial charge in [-0.3, -0.25) is 0 Å². The molecule has 0 aliphatic carbocycles. The molecule has 1 aliphatic heterocycles. The summed E-state index contributed by atoms with van der Waals surface area (Å²) in [6.07, 6.45) is 5.86. The number of rotatable bonds is 3. The first-order valence-corrected chi connectivity index (χ1v) is 4.48. The molecule has 0 aromatic carbocycles. The van der Waals surface area contributed by atoms with Gasteiger partial charge in [0.25, 0.3) is 0 Å². The first-order chi connectivity index (χ1) is 5.88. The lowest BCUT2D eigenvalue weighted by Crippen LogP contribution is -2.31. The van der Waals surface area contributed by atoms with E-state index in [-0.39, 0.29) is 0 Å². The van der Waals surface area contributed by atoms with Crippen molar-refractivity contribution >= 4 is 0 Å². The second-order valence-corrected chi connectivity index (χ2v) is 3.20. The molecule has 1 unspecified atom stereocenters. The van der Waals surface area contributed by atoms with E-state index in [1.165, 1.54) is 5.56 Å². The van der Waals surface area contributed by atoms with Crippen molar-refractivity contribution < 1.29 is 9.30 Å². The maximum absolute atomic E-state index is 5.18. The van der Waals surface area contributed by atoms with Crippen LogP contribution in [0.3, 0.4) is 0 Å². The Hall–Kier alpha value is -0.890. The van der Waals surface area contributed by atoms with Gasteiger partial charge in [-0.1, -0.05) is 0 Å². The topological polar surface area (TPSA) is 16.4 Å². The molecular formula is C10H14NO+. The average Bonchev–Trinajstić information content (AvgIpc) is 2.89. The molecule has 0 bridgehead atoms. The fourth-order valence-electron chi connectivity index (χ4n) is 1.34. The van der Waals surface area contributed by atoms with Gasteiger partial charge in [-0.15, -0.1) is 0 Å². The fourth-order valence-corrected chi connectivity index (χ4v) is 1.34. The Morgan fingerprint density at radius 1 is 1.67 bits per heavy atom. The van der Waals surface area contributed by atoms with Gasteiger partial charge in [0.15, 0.2) is 12.4 Å². The minimum atomic E-state index is 0.498. The van der Waals surface area contributed by atoms with Crippen molar-refractivity contribution in [2.24, 2.45) is 0 Å². The van der Waals surface area contributed by atoms with Gasteiger partial charge in [-0.2, -0.15) is 0 Å². The molecule has 0 saturated carbocycles. The second kappa shape index (κ2) is 3.23. The van der Waals surface area contributed by atoms with Gasteiger partial charge >= 0.3 is 0 Å². The summed E-state index contributed by atoms with van der Waals surface area (Å²) in [7, 11) is 0. The van der Waals surface area contributed by atoms with Gasteiger partial charge in [0.1, 0.15) is 6.54 Å². The summed E-state index contributed by atoms with van der Waals surface area (Å²) in [4.78, 5) is 0. The Labute approximate surface area is 72.8 Å². The standard InChI is InChI=1S/C10H14NO/c1-2-11-5-3-4-9(7-11)6-10-8-12-10/h3-5,7,10H,2,6,8H2,1H3/q+1. The van der Waals surface area contributed by atoms with Crippen molar-refractivity contribution in [3.05, 3.63) is 30.1 Å². The molecule has 12 heavy (non-hydrogen) atoms. The number of pyridine rings is 1. The van der Waals surface area contributed by atoms with Crippen LogP contribution in [0.4, 0.5) is 0 Å². The molecule has 1 aliphatic rings. The maximum Gasteiger partial charge on any atom is 0.172 e. The average molecular weight is 164 g/mol. The number of aromatic nitrogens is 1. The third-order valence-electron chi connectivity index (χ3n) is 2.15.